The number of amides is 1. The number of rotatable bonds is 2. The minimum atomic E-state index is 0.215. The second-order valence-electron chi connectivity index (χ2n) is 5.48. The number of nitrogens with one attached hydrogen (secondary N) is 1. The molecule has 0 aromatic heterocycles. The highest BCUT2D eigenvalue weighted by molar-refractivity contribution is 5.79. The molecule has 1 aliphatic carbocycles. The molecule has 16 heavy (non-hydrogen) atoms. The number of hydrogen-bond donors (Lipinski definition) is 1. The van der Waals surface area contributed by atoms with Gasteiger partial charge in [-0.2, -0.15) is 0 Å². The summed E-state index contributed by atoms with van der Waals surface area (Å²) in [4.78, 5) is 14.4. The number of carbonyl (C=O) groups excluding carboxylic acids is 1. The average molecular weight is 224 g/mol. The predicted octanol–water partition coefficient (Wildman–Crippen LogP) is 1.63. The number of hydrogen-bond acceptors (Lipinski definition) is 2. The van der Waals surface area contributed by atoms with E-state index in [1.807, 2.05) is 11.9 Å². The van der Waals surface area contributed by atoms with Crippen LogP contribution < -0.4 is 5.32 Å². The highest BCUT2D eigenvalue weighted by Crippen LogP contribution is 2.25. The molecule has 0 spiro atoms. The molecule has 1 amide bonds. The molecule has 2 rings (SSSR count). The molecule has 2 atom stereocenters. The topological polar surface area (TPSA) is 32.3 Å². The Labute approximate surface area is 98.6 Å². The number of nitrogens with zero attached hydrogens (tertiary/aromatic N) is 1. The summed E-state index contributed by atoms with van der Waals surface area (Å²) in [5.41, 5.74) is 0. The molecular weight excluding hydrogens is 200 g/mol. The van der Waals surface area contributed by atoms with Crippen molar-refractivity contribution in [1.82, 2.24) is 10.2 Å². The maximum absolute atomic E-state index is 12.3. The van der Waals surface area contributed by atoms with Crippen LogP contribution in [0.2, 0.25) is 0 Å². The molecule has 1 heterocycles. The van der Waals surface area contributed by atoms with E-state index in [0.717, 1.165) is 13.1 Å². The van der Waals surface area contributed by atoms with E-state index in [1.165, 1.54) is 32.1 Å². The minimum Gasteiger partial charge on any atom is -0.342 e. The van der Waals surface area contributed by atoms with E-state index in [0.29, 0.717) is 17.9 Å². The lowest BCUT2D eigenvalue weighted by atomic mass is 9.91. The van der Waals surface area contributed by atoms with E-state index in [1.54, 1.807) is 0 Å². The third kappa shape index (κ3) is 2.40. The third-order valence-corrected chi connectivity index (χ3v) is 4.30. The summed E-state index contributed by atoms with van der Waals surface area (Å²) >= 11 is 0. The van der Waals surface area contributed by atoms with Gasteiger partial charge in [0.25, 0.3) is 0 Å². The molecular formula is C13H24N2O. The first-order chi connectivity index (χ1) is 7.70. The van der Waals surface area contributed by atoms with Crippen molar-refractivity contribution in [2.75, 3.05) is 20.1 Å². The van der Waals surface area contributed by atoms with Gasteiger partial charge < -0.3 is 10.2 Å². The maximum atomic E-state index is 12.3. The lowest BCUT2D eigenvalue weighted by molar-refractivity contribution is -0.137. The smallest absolute Gasteiger partial charge is 0.227 e. The summed E-state index contributed by atoms with van der Waals surface area (Å²) < 4.78 is 0. The van der Waals surface area contributed by atoms with E-state index in [2.05, 4.69) is 12.2 Å². The van der Waals surface area contributed by atoms with E-state index in [-0.39, 0.29) is 5.92 Å². The van der Waals surface area contributed by atoms with E-state index in [4.69, 9.17) is 0 Å². The van der Waals surface area contributed by atoms with Crippen molar-refractivity contribution in [2.24, 2.45) is 11.8 Å². The molecule has 3 heteroatoms. The molecule has 0 aromatic rings. The molecule has 3 nitrogen and oxygen atoms in total. The van der Waals surface area contributed by atoms with Crippen LogP contribution in [0, 0.1) is 11.8 Å². The largest absolute Gasteiger partial charge is 0.342 e. The van der Waals surface area contributed by atoms with Crippen molar-refractivity contribution >= 4 is 5.91 Å². The molecule has 0 bridgehead atoms. The fourth-order valence-electron chi connectivity index (χ4n) is 3.05. The molecule has 1 N–H and O–H groups in total. The van der Waals surface area contributed by atoms with Gasteiger partial charge in [0, 0.05) is 19.6 Å². The van der Waals surface area contributed by atoms with Crippen LogP contribution in [-0.4, -0.2) is 37.0 Å². The van der Waals surface area contributed by atoms with Gasteiger partial charge in [-0.25, -0.2) is 0 Å². The molecule has 0 radical (unpaired) electrons. The summed E-state index contributed by atoms with van der Waals surface area (Å²) in [6, 6.07) is 0.508. The molecule has 0 aromatic carbocycles. The summed E-state index contributed by atoms with van der Waals surface area (Å²) in [6.45, 7) is 4.04. The van der Waals surface area contributed by atoms with Crippen molar-refractivity contribution in [1.29, 1.82) is 0 Å². The van der Waals surface area contributed by atoms with Crippen LogP contribution in [0.5, 0.6) is 0 Å². The van der Waals surface area contributed by atoms with Crippen molar-refractivity contribution < 1.29 is 4.79 Å². The molecule has 2 aliphatic rings. The zero-order valence-electron chi connectivity index (χ0n) is 10.5. The molecule has 2 fully saturated rings. The highest BCUT2D eigenvalue weighted by Gasteiger charge is 2.33. The van der Waals surface area contributed by atoms with Crippen molar-refractivity contribution in [3.8, 4) is 0 Å². The van der Waals surface area contributed by atoms with Crippen LogP contribution in [-0.2, 0) is 4.79 Å². The fourth-order valence-corrected chi connectivity index (χ4v) is 3.05. The minimum absolute atomic E-state index is 0.215. The van der Waals surface area contributed by atoms with Crippen molar-refractivity contribution in [3.05, 3.63) is 0 Å². The monoisotopic (exact) mass is 224 g/mol. The van der Waals surface area contributed by atoms with Crippen LogP contribution in [0.25, 0.3) is 0 Å². The lowest BCUT2D eigenvalue weighted by Crippen LogP contribution is -2.43. The zero-order valence-corrected chi connectivity index (χ0v) is 10.5. The Morgan fingerprint density at radius 1 is 1.19 bits per heavy atom. The van der Waals surface area contributed by atoms with E-state index in [9.17, 15) is 4.79 Å². The van der Waals surface area contributed by atoms with Gasteiger partial charge in [-0.1, -0.05) is 26.2 Å². The van der Waals surface area contributed by atoms with E-state index < -0.39 is 0 Å². The van der Waals surface area contributed by atoms with Gasteiger partial charge in [-0.3, -0.25) is 4.79 Å². The first-order valence-corrected chi connectivity index (χ1v) is 6.67. The molecule has 92 valence electrons. The average Bonchev–Trinajstić information content (AvgIpc) is 2.75. The Morgan fingerprint density at radius 3 is 2.44 bits per heavy atom. The predicted molar refractivity (Wildman–Crippen MR) is 65.2 cm³/mol. The van der Waals surface area contributed by atoms with Crippen molar-refractivity contribution in [3.63, 3.8) is 0 Å². The number of carbonyl (C=O) groups is 1. The molecule has 1 saturated carbocycles. The van der Waals surface area contributed by atoms with Gasteiger partial charge >= 0.3 is 0 Å². The Balaban J connectivity index is 1.92. The summed E-state index contributed by atoms with van der Waals surface area (Å²) in [5, 5.41) is 3.31. The maximum Gasteiger partial charge on any atom is 0.227 e. The zero-order chi connectivity index (χ0) is 11.5. The standard InChI is InChI=1S/C13H24N2O/c1-10-8-14-9-12(10)13(16)15(2)11-6-4-3-5-7-11/h10-12,14H,3-9H2,1-2H3/t10-,12-/m1/s1. The first kappa shape index (κ1) is 11.9. The van der Waals surface area contributed by atoms with Crippen LogP contribution in [0.15, 0.2) is 0 Å². The van der Waals surface area contributed by atoms with Crippen molar-refractivity contribution in [2.45, 2.75) is 45.1 Å². The van der Waals surface area contributed by atoms with Gasteiger partial charge in [0.15, 0.2) is 0 Å². The van der Waals surface area contributed by atoms with Gasteiger partial charge in [0.05, 0.1) is 5.92 Å². The summed E-state index contributed by atoms with van der Waals surface area (Å²) in [7, 11) is 2.00. The van der Waals surface area contributed by atoms with Crippen LogP contribution >= 0.6 is 0 Å². The third-order valence-electron chi connectivity index (χ3n) is 4.30. The Bertz CT molecular complexity index is 248. The summed E-state index contributed by atoms with van der Waals surface area (Å²) in [6.07, 6.45) is 6.34. The lowest BCUT2D eigenvalue weighted by Gasteiger charge is -2.33. The Hall–Kier alpha value is -0.570. The van der Waals surface area contributed by atoms with E-state index >= 15 is 0 Å². The molecule has 1 aliphatic heterocycles. The second-order valence-corrected chi connectivity index (χ2v) is 5.48. The highest BCUT2D eigenvalue weighted by atomic mass is 16.2. The van der Waals surface area contributed by atoms with Crippen LogP contribution in [0.4, 0.5) is 0 Å². The summed E-state index contributed by atoms with van der Waals surface area (Å²) in [5.74, 6) is 1.08. The van der Waals surface area contributed by atoms with Crippen LogP contribution in [0.1, 0.15) is 39.0 Å². The SMILES string of the molecule is C[C@@H]1CNC[C@H]1C(=O)N(C)C1CCCCC1. The fraction of sp³-hybridized carbons (Fsp3) is 0.923. The molecule has 1 saturated heterocycles. The van der Waals surface area contributed by atoms with Gasteiger partial charge in [-0.05, 0) is 25.3 Å². The van der Waals surface area contributed by atoms with Crippen LogP contribution in [0.3, 0.4) is 0 Å². The quantitative estimate of drug-likeness (QED) is 0.773. The van der Waals surface area contributed by atoms with Gasteiger partial charge in [-0.15, -0.1) is 0 Å². The Kier molecular flexibility index (Phi) is 3.85. The normalized spacial score (nSPS) is 31.6. The van der Waals surface area contributed by atoms with Gasteiger partial charge in [0.2, 0.25) is 5.91 Å². The Morgan fingerprint density at radius 2 is 1.88 bits per heavy atom. The van der Waals surface area contributed by atoms with Gasteiger partial charge in [0.1, 0.15) is 0 Å². The first-order valence-electron chi connectivity index (χ1n) is 6.67. The molecule has 0 unspecified atom stereocenters. The second kappa shape index (κ2) is 5.17.